The van der Waals surface area contributed by atoms with Gasteiger partial charge in [0.25, 0.3) is 11.1 Å². The number of rotatable bonds is 5. The lowest BCUT2D eigenvalue weighted by molar-refractivity contribution is 0.00706. The van der Waals surface area contributed by atoms with Crippen molar-refractivity contribution in [1.82, 2.24) is 15.0 Å². The molecule has 0 saturated carbocycles. The molecule has 0 spiro atoms. The van der Waals surface area contributed by atoms with E-state index >= 15 is 0 Å². The second-order valence-corrected chi connectivity index (χ2v) is 12.1. The molecule has 2 aliphatic heterocycles. The van der Waals surface area contributed by atoms with Crippen molar-refractivity contribution in [3.8, 4) is 34.6 Å². The van der Waals surface area contributed by atoms with Gasteiger partial charge in [0.05, 0.1) is 29.4 Å². The monoisotopic (exact) mass is 579 g/mol. The largest absolute Gasteiger partial charge is 0.456 e. The summed E-state index contributed by atoms with van der Waals surface area (Å²) in [7, 11) is -3.29. The molecule has 0 bridgehead atoms. The molecule has 2 saturated heterocycles. The summed E-state index contributed by atoms with van der Waals surface area (Å²) in [6.07, 6.45) is 0.743. The molecule has 0 radical (unpaired) electrons. The standard InChI is InChI=1S/C27H22ClN5O6S/c1-40(36,30-13-29)26(35)17-8-4-15(5-9-17)14-2-6-16(7-3-14)22-18(28)10-19-25(32-22)33-27(31-19)39-21-12-38-23-20(34)11-37-24(21)23/h2-10,20-21,23-24,34H,11-12H2,1H3,(H,31,32,33)/t20-,21-,23-,24-,40?/m1/s1. The van der Waals surface area contributed by atoms with Gasteiger partial charge in [-0.2, -0.15) is 10.2 Å². The highest BCUT2D eigenvalue weighted by atomic mass is 35.5. The van der Waals surface area contributed by atoms with Crippen LogP contribution in [0, 0.1) is 11.5 Å². The van der Waals surface area contributed by atoms with E-state index in [1.807, 2.05) is 24.3 Å². The first-order chi connectivity index (χ1) is 19.2. The van der Waals surface area contributed by atoms with Crippen molar-refractivity contribution in [3.05, 3.63) is 65.2 Å². The van der Waals surface area contributed by atoms with Crippen molar-refractivity contribution in [1.29, 1.82) is 5.26 Å². The lowest BCUT2D eigenvalue weighted by Gasteiger charge is -2.15. The molecule has 0 amide bonds. The van der Waals surface area contributed by atoms with Crippen molar-refractivity contribution in [2.24, 2.45) is 4.36 Å². The number of imidazole rings is 1. The second kappa shape index (κ2) is 10.3. The third-order valence-electron chi connectivity index (χ3n) is 6.82. The summed E-state index contributed by atoms with van der Waals surface area (Å²) in [5.74, 6) is 0. The Hall–Kier alpha value is -3.86. The molecular weight excluding hydrogens is 558 g/mol. The molecular formula is C27H22ClN5O6S. The van der Waals surface area contributed by atoms with Crippen molar-refractivity contribution < 1.29 is 28.3 Å². The van der Waals surface area contributed by atoms with E-state index in [-0.39, 0.29) is 30.9 Å². The highest BCUT2D eigenvalue weighted by molar-refractivity contribution is 8.08. The van der Waals surface area contributed by atoms with Gasteiger partial charge in [-0.05, 0) is 29.3 Å². The second-order valence-electron chi connectivity index (χ2n) is 9.49. The number of carbonyl (C=O) groups is 1. The third-order valence-corrected chi connectivity index (χ3v) is 8.46. The molecule has 5 atom stereocenters. The van der Waals surface area contributed by atoms with Gasteiger partial charge >= 0.3 is 0 Å². The van der Waals surface area contributed by atoms with Gasteiger partial charge in [0.1, 0.15) is 28.0 Å². The Morgan fingerprint density at radius 2 is 1.75 bits per heavy atom. The van der Waals surface area contributed by atoms with Crippen LogP contribution in [0.4, 0.5) is 0 Å². The molecule has 6 rings (SSSR count). The molecule has 13 heteroatoms. The first kappa shape index (κ1) is 26.4. The summed E-state index contributed by atoms with van der Waals surface area (Å²) >= 11 is 6.57. The van der Waals surface area contributed by atoms with Gasteiger partial charge in [0.2, 0.25) is 6.19 Å². The first-order valence-electron chi connectivity index (χ1n) is 12.2. The Bertz CT molecular complexity index is 1780. The van der Waals surface area contributed by atoms with Gasteiger partial charge in [-0.1, -0.05) is 48.0 Å². The van der Waals surface area contributed by atoms with Gasteiger partial charge < -0.3 is 24.3 Å². The van der Waals surface area contributed by atoms with Crippen LogP contribution in [-0.2, 0) is 19.2 Å². The molecule has 2 aromatic heterocycles. The van der Waals surface area contributed by atoms with Gasteiger partial charge in [-0.25, -0.2) is 9.19 Å². The Balaban J connectivity index is 1.20. The van der Waals surface area contributed by atoms with Crippen LogP contribution in [-0.4, -0.2) is 73.3 Å². The van der Waals surface area contributed by atoms with E-state index in [1.54, 1.807) is 30.3 Å². The van der Waals surface area contributed by atoms with Crippen LogP contribution in [0.1, 0.15) is 10.4 Å². The van der Waals surface area contributed by atoms with E-state index in [2.05, 4.69) is 19.3 Å². The molecule has 0 aliphatic carbocycles. The number of benzene rings is 2. The van der Waals surface area contributed by atoms with Crippen LogP contribution in [0.5, 0.6) is 6.01 Å². The Morgan fingerprint density at radius 3 is 2.45 bits per heavy atom. The van der Waals surface area contributed by atoms with Crippen molar-refractivity contribution in [3.63, 3.8) is 0 Å². The number of fused-ring (bicyclic) bond motifs is 2. The van der Waals surface area contributed by atoms with Crippen LogP contribution in [0.3, 0.4) is 0 Å². The first-order valence-corrected chi connectivity index (χ1v) is 14.5. The fourth-order valence-corrected chi connectivity index (χ4v) is 5.87. The summed E-state index contributed by atoms with van der Waals surface area (Å²) in [6.45, 7) is 0.492. The van der Waals surface area contributed by atoms with Crippen LogP contribution in [0.2, 0.25) is 5.02 Å². The average molecular weight is 580 g/mol. The number of H-pyrrole nitrogens is 1. The number of nitrogens with one attached hydrogen (secondary N) is 1. The Morgan fingerprint density at radius 1 is 1.10 bits per heavy atom. The maximum absolute atomic E-state index is 12.4. The Kier molecular flexibility index (Phi) is 6.77. The van der Waals surface area contributed by atoms with E-state index < -0.39 is 33.2 Å². The molecule has 2 N–H and O–H groups in total. The van der Waals surface area contributed by atoms with E-state index in [9.17, 15) is 14.1 Å². The number of halogens is 1. The fourth-order valence-electron chi connectivity index (χ4n) is 4.80. The highest BCUT2D eigenvalue weighted by Gasteiger charge is 2.48. The summed E-state index contributed by atoms with van der Waals surface area (Å²) in [5.41, 5.74) is 4.29. The maximum Gasteiger partial charge on any atom is 0.296 e. The average Bonchev–Trinajstić information content (AvgIpc) is 3.64. The predicted octanol–water partition coefficient (Wildman–Crippen LogP) is 3.57. The van der Waals surface area contributed by atoms with Gasteiger partial charge in [0.15, 0.2) is 11.8 Å². The molecule has 40 heavy (non-hydrogen) atoms. The van der Waals surface area contributed by atoms with Crippen molar-refractivity contribution >= 4 is 37.6 Å². The van der Waals surface area contributed by atoms with Crippen molar-refractivity contribution in [2.45, 2.75) is 24.4 Å². The quantitative estimate of drug-likeness (QED) is 0.337. The fraction of sp³-hybridized carbons (Fsp3) is 0.259. The number of carbonyl (C=O) groups excluding carboxylic acids is 1. The topological polar surface area (TPSA) is 160 Å². The molecule has 2 fully saturated rings. The number of pyridine rings is 1. The van der Waals surface area contributed by atoms with E-state index in [0.29, 0.717) is 21.9 Å². The molecule has 2 aromatic carbocycles. The zero-order chi connectivity index (χ0) is 28.0. The summed E-state index contributed by atoms with van der Waals surface area (Å²) in [6, 6.07) is 16.1. The van der Waals surface area contributed by atoms with Crippen LogP contribution < -0.4 is 4.74 Å². The zero-order valence-corrected chi connectivity index (χ0v) is 22.6. The lowest BCUT2D eigenvalue weighted by atomic mass is 10.0. The van der Waals surface area contributed by atoms with Crippen LogP contribution >= 0.6 is 11.6 Å². The molecule has 1 unspecified atom stereocenters. The SMILES string of the molecule is CS(=O)(=NC#N)C(=O)c1ccc(-c2ccc(-c3nc4nc(O[C@@H]5CO[C@H]6[C@@H]5OC[C@H]6O)[nH]c4cc3Cl)cc2)cc1. The van der Waals surface area contributed by atoms with Gasteiger partial charge in [-0.15, -0.1) is 4.36 Å². The summed E-state index contributed by atoms with van der Waals surface area (Å²) < 4.78 is 32.7. The number of aliphatic hydroxyl groups is 1. The van der Waals surface area contributed by atoms with Gasteiger partial charge in [0, 0.05) is 17.4 Å². The smallest absolute Gasteiger partial charge is 0.296 e. The number of hydrogen-bond acceptors (Lipinski definition) is 10. The lowest BCUT2D eigenvalue weighted by Crippen LogP contribution is -2.34. The van der Waals surface area contributed by atoms with E-state index in [0.717, 1.165) is 22.9 Å². The number of aliphatic hydroxyl groups excluding tert-OH is 1. The zero-order valence-electron chi connectivity index (χ0n) is 21.0. The molecule has 4 heterocycles. The molecule has 11 nitrogen and oxygen atoms in total. The minimum Gasteiger partial charge on any atom is -0.456 e. The van der Waals surface area contributed by atoms with Crippen molar-refractivity contribution in [2.75, 3.05) is 19.5 Å². The number of aromatic amines is 1. The van der Waals surface area contributed by atoms with Crippen LogP contribution in [0.15, 0.2) is 59.0 Å². The van der Waals surface area contributed by atoms with E-state index in [4.69, 9.17) is 31.1 Å². The number of ether oxygens (including phenoxy) is 3. The maximum atomic E-state index is 12.4. The predicted molar refractivity (Wildman–Crippen MR) is 146 cm³/mol. The minimum atomic E-state index is -3.29. The third kappa shape index (κ3) is 4.83. The summed E-state index contributed by atoms with van der Waals surface area (Å²) in [5, 5.41) is 18.3. The van der Waals surface area contributed by atoms with Crippen LogP contribution in [0.25, 0.3) is 33.5 Å². The minimum absolute atomic E-state index is 0.210. The highest BCUT2D eigenvalue weighted by Crippen LogP contribution is 2.33. The molecule has 2 aliphatic rings. The molecule has 204 valence electrons. The number of aromatic nitrogens is 3. The summed E-state index contributed by atoms with van der Waals surface area (Å²) in [4.78, 5) is 24.6. The number of nitriles is 1. The van der Waals surface area contributed by atoms with Gasteiger partial charge in [-0.3, -0.25) is 4.79 Å². The Labute approximate surface area is 233 Å². The normalized spacial score (nSPS) is 23.4. The molecule has 4 aromatic rings. The number of hydrogen-bond donors (Lipinski definition) is 2. The number of nitrogens with zero attached hydrogens (tertiary/aromatic N) is 4. The van der Waals surface area contributed by atoms with E-state index in [1.165, 1.54) is 6.19 Å².